The maximum absolute atomic E-state index is 13.9. The number of carbonyl (C=O) groups excluding carboxylic acids is 1. The summed E-state index contributed by atoms with van der Waals surface area (Å²) in [5, 5.41) is 2.74. The zero-order valence-electron chi connectivity index (χ0n) is 15.4. The third kappa shape index (κ3) is 4.20. The van der Waals surface area contributed by atoms with E-state index in [-0.39, 0.29) is 17.7 Å². The number of ether oxygens (including phenoxy) is 2. The van der Waals surface area contributed by atoms with Crippen LogP contribution < -0.4 is 20.3 Å². The van der Waals surface area contributed by atoms with Gasteiger partial charge in [0.25, 0.3) is 11.5 Å². The highest BCUT2D eigenvalue weighted by Crippen LogP contribution is 2.29. The van der Waals surface area contributed by atoms with Crippen molar-refractivity contribution >= 4 is 11.6 Å². The Morgan fingerprint density at radius 2 is 1.79 bits per heavy atom. The smallest absolute Gasteiger partial charge is 0.257 e. The van der Waals surface area contributed by atoms with Gasteiger partial charge in [0, 0.05) is 29.6 Å². The van der Waals surface area contributed by atoms with E-state index in [0.717, 1.165) is 0 Å². The third-order valence-corrected chi connectivity index (χ3v) is 4.19. The van der Waals surface area contributed by atoms with Gasteiger partial charge in [0.05, 0.1) is 26.3 Å². The second-order valence-electron chi connectivity index (χ2n) is 6.00. The van der Waals surface area contributed by atoms with Crippen LogP contribution in [-0.4, -0.2) is 24.7 Å². The fourth-order valence-electron chi connectivity index (χ4n) is 2.72. The lowest BCUT2D eigenvalue weighted by atomic mass is 10.2. The first-order valence-electron chi connectivity index (χ1n) is 8.49. The van der Waals surface area contributed by atoms with Gasteiger partial charge in [0.1, 0.15) is 5.82 Å². The molecule has 0 aliphatic rings. The number of amides is 1. The van der Waals surface area contributed by atoms with Crippen molar-refractivity contribution < 1.29 is 18.7 Å². The van der Waals surface area contributed by atoms with Gasteiger partial charge in [-0.1, -0.05) is 18.2 Å². The van der Waals surface area contributed by atoms with Crippen molar-refractivity contribution in [1.29, 1.82) is 0 Å². The summed E-state index contributed by atoms with van der Waals surface area (Å²) in [4.78, 5) is 24.7. The molecule has 1 amide bonds. The quantitative estimate of drug-likeness (QED) is 0.710. The van der Waals surface area contributed by atoms with Crippen LogP contribution >= 0.6 is 0 Å². The van der Waals surface area contributed by atoms with Gasteiger partial charge in [-0.15, -0.1) is 0 Å². The summed E-state index contributed by atoms with van der Waals surface area (Å²) in [6, 6.07) is 13.9. The normalized spacial score (nSPS) is 10.4. The highest BCUT2D eigenvalue weighted by molar-refractivity contribution is 6.04. The minimum Gasteiger partial charge on any atom is -0.493 e. The Morgan fingerprint density at radius 3 is 2.50 bits per heavy atom. The number of halogens is 1. The fraction of sp³-hybridized carbons (Fsp3) is 0.143. The number of carbonyl (C=O) groups is 1. The van der Waals surface area contributed by atoms with Gasteiger partial charge < -0.3 is 19.4 Å². The molecule has 6 nitrogen and oxygen atoms in total. The number of methoxy groups -OCH3 is 2. The van der Waals surface area contributed by atoms with Crippen molar-refractivity contribution in [3.8, 4) is 11.5 Å². The Bertz CT molecular complexity index is 1060. The molecular formula is C21H19FN2O4. The lowest BCUT2D eigenvalue weighted by Crippen LogP contribution is -2.23. The average molecular weight is 382 g/mol. The minimum absolute atomic E-state index is 0.0307. The molecular weight excluding hydrogens is 363 g/mol. The van der Waals surface area contributed by atoms with E-state index in [2.05, 4.69) is 5.32 Å². The van der Waals surface area contributed by atoms with Gasteiger partial charge in [-0.3, -0.25) is 9.59 Å². The van der Waals surface area contributed by atoms with E-state index in [1.165, 1.54) is 43.2 Å². The molecule has 0 fully saturated rings. The standard InChI is InChI=1S/C21H19FN2O4/c1-27-18-9-8-16(11-19(18)28-2)23-21(26)15-7-10-20(25)24(13-15)12-14-5-3-4-6-17(14)22/h3-11,13H,12H2,1-2H3,(H,23,26). The van der Waals surface area contributed by atoms with Crippen molar-refractivity contribution in [1.82, 2.24) is 4.57 Å². The zero-order chi connectivity index (χ0) is 20.1. The largest absolute Gasteiger partial charge is 0.493 e. The molecule has 144 valence electrons. The molecule has 0 saturated heterocycles. The van der Waals surface area contributed by atoms with Crippen LogP contribution in [0.15, 0.2) is 65.6 Å². The molecule has 0 radical (unpaired) electrons. The number of pyridine rings is 1. The first-order valence-corrected chi connectivity index (χ1v) is 8.49. The number of rotatable bonds is 6. The van der Waals surface area contributed by atoms with E-state index in [4.69, 9.17) is 9.47 Å². The van der Waals surface area contributed by atoms with E-state index in [9.17, 15) is 14.0 Å². The molecule has 1 N–H and O–H groups in total. The molecule has 0 atom stereocenters. The molecule has 0 unspecified atom stereocenters. The topological polar surface area (TPSA) is 69.6 Å². The summed E-state index contributed by atoms with van der Waals surface area (Å²) in [6.45, 7) is 0.0307. The summed E-state index contributed by atoms with van der Waals surface area (Å²) >= 11 is 0. The molecule has 0 spiro atoms. The Hall–Kier alpha value is -3.61. The molecule has 0 aliphatic carbocycles. The Balaban J connectivity index is 1.83. The van der Waals surface area contributed by atoms with Crippen LogP contribution in [0.5, 0.6) is 11.5 Å². The van der Waals surface area contributed by atoms with E-state index >= 15 is 0 Å². The first kappa shape index (κ1) is 19.2. The van der Waals surface area contributed by atoms with Gasteiger partial charge in [-0.25, -0.2) is 4.39 Å². The fourth-order valence-corrected chi connectivity index (χ4v) is 2.72. The van der Waals surface area contributed by atoms with Crippen molar-refractivity contribution in [2.45, 2.75) is 6.54 Å². The van der Waals surface area contributed by atoms with Crippen LogP contribution in [0, 0.1) is 5.82 Å². The number of hydrogen-bond acceptors (Lipinski definition) is 4. The van der Waals surface area contributed by atoms with Crippen LogP contribution in [-0.2, 0) is 6.54 Å². The summed E-state index contributed by atoms with van der Waals surface area (Å²) in [5.41, 5.74) is 0.813. The first-order chi connectivity index (χ1) is 13.5. The predicted octanol–water partition coefficient (Wildman–Crippen LogP) is 3.31. The predicted molar refractivity (Wildman–Crippen MR) is 104 cm³/mol. The second-order valence-corrected chi connectivity index (χ2v) is 6.00. The molecule has 1 aromatic heterocycles. The maximum atomic E-state index is 13.9. The Kier molecular flexibility index (Phi) is 5.74. The van der Waals surface area contributed by atoms with Crippen molar-refractivity contribution in [3.63, 3.8) is 0 Å². The average Bonchev–Trinajstić information content (AvgIpc) is 2.71. The van der Waals surface area contributed by atoms with Crippen molar-refractivity contribution in [3.05, 3.63) is 88.1 Å². The monoisotopic (exact) mass is 382 g/mol. The number of nitrogens with one attached hydrogen (secondary N) is 1. The van der Waals surface area contributed by atoms with Gasteiger partial charge in [0.2, 0.25) is 0 Å². The number of anilines is 1. The van der Waals surface area contributed by atoms with Crippen molar-refractivity contribution in [2.75, 3.05) is 19.5 Å². The van der Waals surface area contributed by atoms with Crippen LogP contribution in [0.2, 0.25) is 0 Å². The molecule has 2 aromatic carbocycles. The molecule has 0 aliphatic heterocycles. The van der Waals surface area contributed by atoms with Crippen LogP contribution in [0.4, 0.5) is 10.1 Å². The number of nitrogens with zero attached hydrogens (tertiary/aromatic N) is 1. The summed E-state index contributed by atoms with van der Waals surface area (Å²) in [7, 11) is 3.02. The zero-order valence-corrected chi connectivity index (χ0v) is 15.4. The minimum atomic E-state index is -0.408. The molecule has 0 saturated carbocycles. The molecule has 3 rings (SSSR count). The summed E-state index contributed by atoms with van der Waals surface area (Å²) in [5.74, 6) is 0.202. The van der Waals surface area contributed by atoms with E-state index in [0.29, 0.717) is 22.7 Å². The van der Waals surface area contributed by atoms with Crippen molar-refractivity contribution in [2.24, 2.45) is 0 Å². The summed E-state index contributed by atoms with van der Waals surface area (Å²) < 4.78 is 25.6. The molecule has 3 aromatic rings. The van der Waals surface area contributed by atoms with Crippen LogP contribution in [0.3, 0.4) is 0 Å². The van der Waals surface area contributed by atoms with Gasteiger partial charge >= 0.3 is 0 Å². The molecule has 0 bridgehead atoms. The van der Waals surface area contributed by atoms with Gasteiger partial charge in [0.15, 0.2) is 11.5 Å². The van der Waals surface area contributed by atoms with E-state index < -0.39 is 11.7 Å². The van der Waals surface area contributed by atoms with Crippen LogP contribution in [0.25, 0.3) is 0 Å². The Morgan fingerprint density at radius 1 is 1.04 bits per heavy atom. The second kappa shape index (κ2) is 8.39. The van der Waals surface area contributed by atoms with E-state index in [1.54, 1.807) is 36.4 Å². The van der Waals surface area contributed by atoms with E-state index in [1.807, 2.05) is 0 Å². The molecule has 1 heterocycles. The maximum Gasteiger partial charge on any atom is 0.257 e. The number of hydrogen-bond donors (Lipinski definition) is 1. The SMILES string of the molecule is COc1ccc(NC(=O)c2ccc(=O)n(Cc3ccccc3F)c2)cc1OC. The molecule has 28 heavy (non-hydrogen) atoms. The van der Waals surface area contributed by atoms with Gasteiger partial charge in [-0.2, -0.15) is 0 Å². The highest BCUT2D eigenvalue weighted by Gasteiger charge is 2.11. The number of aromatic nitrogens is 1. The lowest BCUT2D eigenvalue weighted by Gasteiger charge is -2.12. The number of benzene rings is 2. The van der Waals surface area contributed by atoms with Gasteiger partial charge in [-0.05, 0) is 24.3 Å². The Labute approximate surface area is 161 Å². The summed E-state index contributed by atoms with van der Waals surface area (Å²) in [6.07, 6.45) is 1.41. The molecule has 7 heteroatoms. The third-order valence-electron chi connectivity index (χ3n) is 4.19. The van der Waals surface area contributed by atoms with Crippen LogP contribution in [0.1, 0.15) is 15.9 Å². The highest BCUT2D eigenvalue weighted by atomic mass is 19.1. The lowest BCUT2D eigenvalue weighted by molar-refractivity contribution is 0.102.